The SMILES string of the molecule is O=C(NCCCn1ccnc1)c1nc(-c2ccnn2CC2CC2)n2ccncc12. The van der Waals surface area contributed by atoms with E-state index in [9.17, 15) is 4.79 Å². The zero-order valence-electron chi connectivity index (χ0n) is 16.0. The van der Waals surface area contributed by atoms with Gasteiger partial charge in [0.15, 0.2) is 11.5 Å². The van der Waals surface area contributed by atoms with E-state index in [1.165, 1.54) is 12.8 Å². The molecule has 4 aromatic heterocycles. The highest BCUT2D eigenvalue weighted by atomic mass is 16.1. The minimum absolute atomic E-state index is 0.194. The van der Waals surface area contributed by atoms with Crippen LogP contribution < -0.4 is 5.32 Å². The van der Waals surface area contributed by atoms with Crippen LogP contribution >= 0.6 is 0 Å². The van der Waals surface area contributed by atoms with Gasteiger partial charge in [-0.1, -0.05) is 0 Å². The van der Waals surface area contributed by atoms with Gasteiger partial charge in [-0.25, -0.2) is 9.97 Å². The lowest BCUT2D eigenvalue weighted by Crippen LogP contribution is -2.25. The average molecular weight is 390 g/mol. The summed E-state index contributed by atoms with van der Waals surface area (Å²) in [4.78, 5) is 25.7. The average Bonchev–Trinajstić information content (AvgIpc) is 3.13. The van der Waals surface area contributed by atoms with E-state index < -0.39 is 0 Å². The Morgan fingerprint density at radius 3 is 2.90 bits per heavy atom. The first-order valence-electron chi connectivity index (χ1n) is 9.88. The van der Waals surface area contributed by atoms with Crippen LogP contribution in [0.2, 0.25) is 0 Å². The van der Waals surface area contributed by atoms with Gasteiger partial charge in [-0.2, -0.15) is 5.10 Å². The Kier molecular flexibility index (Phi) is 4.55. The van der Waals surface area contributed by atoms with Crippen LogP contribution in [0.15, 0.2) is 49.6 Å². The van der Waals surface area contributed by atoms with Gasteiger partial charge in [-0.15, -0.1) is 0 Å². The van der Waals surface area contributed by atoms with E-state index in [0.29, 0.717) is 29.5 Å². The zero-order chi connectivity index (χ0) is 19.6. The van der Waals surface area contributed by atoms with Crippen molar-refractivity contribution >= 4 is 11.4 Å². The molecule has 1 amide bonds. The number of nitrogens with one attached hydrogen (secondary N) is 1. The van der Waals surface area contributed by atoms with Crippen LogP contribution in [0.4, 0.5) is 0 Å². The quantitative estimate of drug-likeness (QED) is 0.465. The van der Waals surface area contributed by atoms with Gasteiger partial charge in [-0.05, 0) is 31.2 Å². The minimum atomic E-state index is -0.194. The number of carbonyl (C=O) groups is 1. The highest BCUT2D eigenvalue weighted by molar-refractivity contribution is 5.99. The molecule has 0 unspecified atom stereocenters. The Hall–Kier alpha value is -3.49. The summed E-state index contributed by atoms with van der Waals surface area (Å²) in [6.07, 6.45) is 15.7. The van der Waals surface area contributed by atoms with Gasteiger partial charge in [-0.3, -0.25) is 18.9 Å². The molecule has 0 bridgehead atoms. The summed E-state index contributed by atoms with van der Waals surface area (Å²) in [5, 5.41) is 7.43. The topological polar surface area (TPSA) is 94.9 Å². The first-order valence-corrected chi connectivity index (χ1v) is 9.88. The van der Waals surface area contributed by atoms with Gasteiger partial charge in [0.05, 0.1) is 18.0 Å². The predicted octanol–water partition coefficient (Wildman–Crippen LogP) is 2.02. The van der Waals surface area contributed by atoms with Crippen molar-refractivity contribution in [2.45, 2.75) is 32.4 Å². The van der Waals surface area contributed by atoms with E-state index in [2.05, 4.69) is 25.4 Å². The maximum absolute atomic E-state index is 12.8. The molecular formula is C20H22N8O. The van der Waals surface area contributed by atoms with Crippen LogP contribution in [-0.2, 0) is 13.1 Å². The second-order valence-corrected chi connectivity index (χ2v) is 7.37. The Bertz CT molecular complexity index is 1120. The minimum Gasteiger partial charge on any atom is -0.351 e. The fourth-order valence-corrected chi connectivity index (χ4v) is 3.47. The molecule has 0 atom stereocenters. The number of nitrogens with zero attached hydrogens (tertiary/aromatic N) is 7. The van der Waals surface area contributed by atoms with E-state index in [1.807, 2.05) is 32.1 Å². The molecule has 4 heterocycles. The molecule has 0 spiro atoms. The molecule has 1 N–H and O–H groups in total. The summed E-state index contributed by atoms with van der Waals surface area (Å²) in [5.41, 5.74) is 1.99. The number of imidazole rings is 2. The van der Waals surface area contributed by atoms with Crippen LogP contribution in [0.3, 0.4) is 0 Å². The maximum Gasteiger partial charge on any atom is 0.272 e. The highest BCUT2D eigenvalue weighted by Gasteiger charge is 2.25. The number of rotatable bonds is 8. The number of hydrogen-bond donors (Lipinski definition) is 1. The number of amides is 1. The van der Waals surface area contributed by atoms with Crippen LogP contribution in [0.25, 0.3) is 17.0 Å². The Morgan fingerprint density at radius 1 is 1.17 bits per heavy atom. The highest BCUT2D eigenvalue weighted by Crippen LogP contribution is 2.32. The van der Waals surface area contributed by atoms with Crippen molar-refractivity contribution in [3.63, 3.8) is 0 Å². The Labute approximate surface area is 167 Å². The zero-order valence-corrected chi connectivity index (χ0v) is 16.0. The summed E-state index contributed by atoms with van der Waals surface area (Å²) in [6, 6.07) is 1.95. The molecule has 4 aromatic rings. The number of carbonyl (C=O) groups excluding carboxylic acids is 1. The summed E-state index contributed by atoms with van der Waals surface area (Å²) in [5.74, 6) is 1.21. The summed E-state index contributed by atoms with van der Waals surface area (Å²) in [6.45, 7) is 2.25. The molecular weight excluding hydrogens is 368 g/mol. The van der Waals surface area contributed by atoms with E-state index in [-0.39, 0.29) is 5.91 Å². The van der Waals surface area contributed by atoms with Crippen molar-refractivity contribution in [1.82, 2.24) is 39.0 Å². The smallest absolute Gasteiger partial charge is 0.272 e. The molecule has 0 aromatic carbocycles. The summed E-state index contributed by atoms with van der Waals surface area (Å²) >= 11 is 0. The Morgan fingerprint density at radius 2 is 2.07 bits per heavy atom. The van der Waals surface area contributed by atoms with Crippen molar-refractivity contribution in [1.29, 1.82) is 0 Å². The van der Waals surface area contributed by atoms with E-state index in [4.69, 9.17) is 0 Å². The van der Waals surface area contributed by atoms with Crippen LogP contribution in [-0.4, -0.2) is 46.2 Å². The molecule has 5 rings (SSSR count). The van der Waals surface area contributed by atoms with Crippen LogP contribution in [0.1, 0.15) is 29.8 Å². The predicted molar refractivity (Wildman–Crippen MR) is 106 cm³/mol. The van der Waals surface area contributed by atoms with Gasteiger partial charge in [0, 0.05) is 50.6 Å². The Balaban J connectivity index is 1.37. The van der Waals surface area contributed by atoms with Gasteiger partial charge in [0.2, 0.25) is 0 Å². The molecule has 1 saturated carbocycles. The fraction of sp³-hybridized carbons (Fsp3) is 0.350. The normalized spacial score (nSPS) is 13.8. The van der Waals surface area contributed by atoms with E-state index >= 15 is 0 Å². The fourth-order valence-electron chi connectivity index (χ4n) is 3.47. The van der Waals surface area contributed by atoms with Crippen molar-refractivity contribution in [2.24, 2.45) is 5.92 Å². The molecule has 0 aliphatic heterocycles. The van der Waals surface area contributed by atoms with Gasteiger partial charge < -0.3 is 9.88 Å². The largest absolute Gasteiger partial charge is 0.351 e. The molecule has 0 radical (unpaired) electrons. The third-order valence-electron chi connectivity index (χ3n) is 5.17. The van der Waals surface area contributed by atoms with Crippen molar-refractivity contribution in [3.05, 3.63) is 55.3 Å². The standard InChI is InChI=1S/C20H22N8O/c29-20(23-5-1-9-26-10-7-22-14-26)18-17-12-21-8-11-27(17)19(25-18)16-4-6-24-28(16)13-15-2-3-15/h4,6-8,10-12,14-15H,1-3,5,9,13H2,(H,23,29). The number of fused-ring (bicyclic) bond motifs is 1. The van der Waals surface area contributed by atoms with E-state index in [1.54, 1.807) is 31.1 Å². The summed E-state index contributed by atoms with van der Waals surface area (Å²) in [7, 11) is 0. The molecule has 9 heteroatoms. The van der Waals surface area contributed by atoms with E-state index in [0.717, 1.165) is 25.2 Å². The van der Waals surface area contributed by atoms with Crippen molar-refractivity contribution in [2.75, 3.05) is 6.54 Å². The molecule has 9 nitrogen and oxygen atoms in total. The van der Waals surface area contributed by atoms with Crippen LogP contribution in [0, 0.1) is 5.92 Å². The summed E-state index contributed by atoms with van der Waals surface area (Å²) < 4.78 is 5.88. The van der Waals surface area contributed by atoms with Crippen molar-refractivity contribution < 1.29 is 4.79 Å². The second kappa shape index (κ2) is 7.50. The number of aromatic nitrogens is 7. The number of aryl methyl sites for hydroxylation is 1. The van der Waals surface area contributed by atoms with Gasteiger partial charge in [0.1, 0.15) is 5.69 Å². The van der Waals surface area contributed by atoms with Gasteiger partial charge >= 0.3 is 0 Å². The number of hydrogen-bond acceptors (Lipinski definition) is 5. The van der Waals surface area contributed by atoms with Crippen molar-refractivity contribution in [3.8, 4) is 11.5 Å². The third-order valence-corrected chi connectivity index (χ3v) is 5.17. The van der Waals surface area contributed by atoms with Gasteiger partial charge in [0.25, 0.3) is 5.91 Å². The molecule has 0 saturated heterocycles. The second-order valence-electron chi connectivity index (χ2n) is 7.37. The lowest BCUT2D eigenvalue weighted by Gasteiger charge is -2.05. The third kappa shape index (κ3) is 3.63. The maximum atomic E-state index is 12.8. The molecule has 148 valence electrons. The molecule has 1 aliphatic rings. The molecule has 29 heavy (non-hydrogen) atoms. The monoisotopic (exact) mass is 390 g/mol. The first kappa shape index (κ1) is 17.6. The first-order chi connectivity index (χ1) is 14.3. The molecule has 1 fully saturated rings. The molecule has 1 aliphatic carbocycles. The van der Waals surface area contributed by atoms with Crippen LogP contribution in [0.5, 0.6) is 0 Å². The lowest BCUT2D eigenvalue weighted by atomic mass is 10.3. The lowest BCUT2D eigenvalue weighted by molar-refractivity contribution is 0.0950.